The van der Waals surface area contributed by atoms with Gasteiger partial charge in [-0.15, -0.1) is 0 Å². The summed E-state index contributed by atoms with van der Waals surface area (Å²) in [4.78, 5) is 17.5. The second-order valence-corrected chi connectivity index (χ2v) is 7.79. The molecule has 4 aromatic rings. The molecule has 0 radical (unpaired) electrons. The number of carbonyl (C=O) groups is 1. The van der Waals surface area contributed by atoms with Crippen molar-refractivity contribution in [2.75, 3.05) is 0 Å². The molecule has 0 saturated carbocycles. The van der Waals surface area contributed by atoms with Gasteiger partial charge in [-0.2, -0.15) is 0 Å². The molecule has 5 nitrogen and oxygen atoms in total. The van der Waals surface area contributed by atoms with Crippen molar-refractivity contribution in [3.8, 4) is 5.69 Å². The van der Waals surface area contributed by atoms with E-state index in [9.17, 15) is 4.79 Å². The van der Waals surface area contributed by atoms with Gasteiger partial charge in [0.25, 0.3) is 5.91 Å². The monoisotopic (exact) mass is 418 g/mol. The Balaban J connectivity index is 1.61. The van der Waals surface area contributed by atoms with Gasteiger partial charge in [0.2, 0.25) is 0 Å². The lowest BCUT2D eigenvalue weighted by Crippen LogP contribution is -2.31. The van der Waals surface area contributed by atoms with Crippen molar-refractivity contribution in [1.82, 2.24) is 19.4 Å². The maximum Gasteiger partial charge on any atom is 0.252 e. The standard InChI is InChI=1S/C24H23ClN4O/c1-16-4-5-17(2)29(16)21-12-8-19(9-13-21)24(30)27-22(23-26-14-15-28(23)3)18-6-10-20(25)11-7-18/h4-15,22H,1-3H3,(H,27,30). The first-order valence-electron chi connectivity index (χ1n) is 9.73. The molecular weight excluding hydrogens is 396 g/mol. The third-order valence-corrected chi connectivity index (χ3v) is 5.51. The first-order valence-corrected chi connectivity index (χ1v) is 10.1. The number of imidazole rings is 1. The van der Waals surface area contributed by atoms with Gasteiger partial charge in [-0.25, -0.2) is 4.98 Å². The third-order valence-electron chi connectivity index (χ3n) is 5.25. The lowest BCUT2D eigenvalue weighted by atomic mass is 10.1. The molecule has 6 heteroatoms. The predicted octanol–water partition coefficient (Wildman–Crippen LogP) is 5.00. The number of aromatic nitrogens is 3. The van der Waals surface area contributed by atoms with Crippen LogP contribution in [0.1, 0.15) is 39.2 Å². The van der Waals surface area contributed by atoms with Crippen molar-refractivity contribution in [2.45, 2.75) is 19.9 Å². The van der Waals surface area contributed by atoms with Gasteiger partial charge >= 0.3 is 0 Å². The topological polar surface area (TPSA) is 51.9 Å². The summed E-state index contributed by atoms with van der Waals surface area (Å²) < 4.78 is 4.06. The fourth-order valence-corrected chi connectivity index (χ4v) is 3.79. The van der Waals surface area contributed by atoms with Crippen molar-refractivity contribution in [3.05, 3.63) is 106 Å². The number of rotatable bonds is 5. The predicted molar refractivity (Wildman–Crippen MR) is 119 cm³/mol. The molecule has 0 aliphatic heterocycles. The zero-order valence-corrected chi connectivity index (χ0v) is 17.9. The number of aryl methyl sites for hydroxylation is 3. The molecule has 0 saturated heterocycles. The van der Waals surface area contributed by atoms with Gasteiger partial charge in [0.1, 0.15) is 11.9 Å². The van der Waals surface area contributed by atoms with Crippen molar-refractivity contribution in [3.63, 3.8) is 0 Å². The Morgan fingerprint density at radius 3 is 2.17 bits per heavy atom. The van der Waals surface area contributed by atoms with E-state index in [1.807, 2.05) is 66.3 Å². The number of nitrogens with one attached hydrogen (secondary N) is 1. The Bertz CT molecular complexity index is 1150. The molecule has 0 aliphatic rings. The molecule has 30 heavy (non-hydrogen) atoms. The minimum Gasteiger partial charge on any atom is -0.338 e. The summed E-state index contributed by atoms with van der Waals surface area (Å²) in [6.07, 6.45) is 3.59. The van der Waals surface area contributed by atoms with Crippen molar-refractivity contribution in [2.24, 2.45) is 7.05 Å². The number of hydrogen-bond donors (Lipinski definition) is 1. The SMILES string of the molecule is Cc1ccc(C)n1-c1ccc(C(=O)NC(c2ccc(Cl)cc2)c2nccn2C)cc1. The summed E-state index contributed by atoms with van der Waals surface area (Å²) in [7, 11) is 1.91. The number of amides is 1. The van der Waals surface area contributed by atoms with Crippen LogP contribution in [-0.2, 0) is 7.05 Å². The number of nitrogens with zero attached hydrogens (tertiary/aromatic N) is 3. The highest BCUT2D eigenvalue weighted by atomic mass is 35.5. The fraction of sp³-hybridized carbons (Fsp3) is 0.167. The molecule has 1 amide bonds. The number of halogens is 1. The highest BCUT2D eigenvalue weighted by Crippen LogP contribution is 2.23. The van der Waals surface area contributed by atoms with E-state index in [2.05, 4.69) is 40.8 Å². The highest BCUT2D eigenvalue weighted by molar-refractivity contribution is 6.30. The molecule has 0 bridgehead atoms. The molecule has 2 heterocycles. The van der Waals surface area contributed by atoms with Crippen LogP contribution in [0.3, 0.4) is 0 Å². The van der Waals surface area contributed by atoms with Gasteiger partial charge in [0.05, 0.1) is 0 Å². The van der Waals surface area contributed by atoms with Gasteiger partial charge in [0, 0.05) is 47.1 Å². The number of hydrogen-bond acceptors (Lipinski definition) is 2. The smallest absolute Gasteiger partial charge is 0.252 e. The number of carbonyl (C=O) groups excluding carboxylic acids is 1. The van der Waals surface area contributed by atoms with Gasteiger partial charge in [-0.05, 0) is 67.9 Å². The highest BCUT2D eigenvalue weighted by Gasteiger charge is 2.21. The van der Waals surface area contributed by atoms with Crippen molar-refractivity contribution in [1.29, 1.82) is 0 Å². The Morgan fingerprint density at radius 1 is 0.967 bits per heavy atom. The second kappa shape index (κ2) is 8.20. The van der Waals surface area contributed by atoms with Crippen molar-refractivity contribution >= 4 is 17.5 Å². The Morgan fingerprint density at radius 2 is 1.60 bits per heavy atom. The first-order chi connectivity index (χ1) is 14.4. The molecule has 2 aromatic carbocycles. The van der Waals surface area contributed by atoms with E-state index in [0.717, 1.165) is 28.5 Å². The van der Waals surface area contributed by atoms with E-state index in [-0.39, 0.29) is 11.9 Å². The van der Waals surface area contributed by atoms with E-state index in [1.165, 1.54) is 0 Å². The Kier molecular flexibility index (Phi) is 5.46. The van der Waals surface area contributed by atoms with Crippen LogP contribution in [0.5, 0.6) is 0 Å². The summed E-state index contributed by atoms with van der Waals surface area (Å²) in [5.41, 5.74) is 4.85. The molecule has 1 atom stereocenters. The van der Waals surface area contributed by atoms with Crippen molar-refractivity contribution < 1.29 is 4.79 Å². The molecule has 1 unspecified atom stereocenters. The van der Waals surface area contributed by atoms with E-state index < -0.39 is 0 Å². The van der Waals surface area contributed by atoms with Crippen LogP contribution >= 0.6 is 11.6 Å². The Hall–Kier alpha value is -3.31. The summed E-state index contributed by atoms with van der Waals surface area (Å²) in [6.45, 7) is 4.13. The van der Waals surface area contributed by atoms with E-state index in [1.54, 1.807) is 6.20 Å². The maximum absolute atomic E-state index is 13.1. The Labute approximate surface area is 180 Å². The zero-order chi connectivity index (χ0) is 21.3. The van der Waals surface area contributed by atoms with Crippen LogP contribution in [0.2, 0.25) is 5.02 Å². The summed E-state index contributed by atoms with van der Waals surface area (Å²) in [6, 6.07) is 18.8. The lowest BCUT2D eigenvalue weighted by Gasteiger charge is -2.19. The third kappa shape index (κ3) is 3.89. The molecule has 152 valence electrons. The molecule has 2 aromatic heterocycles. The van der Waals surface area contributed by atoms with E-state index in [0.29, 0.717) is 10.6 Å². The fourth-order valence-electron chi connectivity index (χ4n) is 3.66. The number of benzene rings is 2. The molecule has 4 rings (SSSR count). The molecular formula is C24H23ClN4O. The van der Waals surface area contributed by atoms with Crippen LogP contribution in [0.25, 0.3) is 5.69 Å². The van der Waals surface area contributed by atoms with Gasteiger partial charge in [-0.3, -0.25) is 4.79 Å². The summed E-state index contributed by atoms with van der Waals surface area (Å²) >= 11 is 6.04. The quantitative estimate of drug-likeness (QED) is 0.495. The minimum absolute atomic E-state index is 0.162. The molecule has 1 N–H and O–H groups in total. The van der Waals surface area contributed by atoms with Crippen LogP contribution < -0.4 is 5.32 Å². The summed E-state index contributed by atoms with van der Waals surface area (Å²) in [5.74, 6) is 0.589. The maximum atomic E-state index is 13.1. The summed E-state index contributed by atoms with van der Waals surface area (Å²) in [5, 5.41) is 3.77. The van der Waals surface area contributed by atoms with Gasteiger partial charge in [-0.1, -0.05) is 23.7 Å². The van der Waals surface area contributed by atoms with Crippen LogP contribution in [-0.4, -0.2) is 20.0 Å². The minimum atomic E-state index is -0.386. The van der Waals surface area contributed by atoms with Gasteiger partial charge in [0.15, 0.2) is 0 Å². The first kappa shape index (κ1) is 20.0. The van der Waals surface area contributed by atoms with Crippen LogP contribution in [0.15, 0.2) is 73.1 Å². The van der Waals surface area contributed by atoms with Crippen LogP contribution in [0.4, 0.5) is 0 Å². The average molecular weight is 419 g/mol. The van der Waals surface area contributed by atoms with Gasteiger partial charge < -0.3 is 14.5 Å². The largest absolute Gasteiger partial charge is 0.338 e. The van der Waals surface area contributed by atoms with E-state index >= 15 is 0 Å². The lowest BCUT2D eigenvalue weighted by molar-refractivity contribution is 0.0941. The zero-order valence-electron chi connectivity index (χ0n) is 17.1. The normalized spacial score (nSPS) is 12.0. The van der Waals surface area contributed by atoms with Crippen LogP contribution in [0, 0.1) is 13.8 Å². The second-order valence-electron chi connectivity index (χ2n) is 7.35. The van der Waals surface area contributed by atoms with E-state index in [4.69, 9.17) is 11.6 Å². The average Bonchev–Trinajstić information content (AvgIpc) is 3.31. The molecule has 0 spiro atoms. The molecule has 0 aliphatic carbocycles. The molecule has 0 fully saturated rings.